The van der Waals surface area contributed by atoms with Gasteiger partial charge in [-0.05, 0) is 12.5 Å². The predicted molar refractivity (Wildman–Crippen MR) is 50.3 cm³/mol. The Balaban J connectivity index is 2.45. The van der Waals surface area contributed by atoms with Crippen molar-refractivity contribution in [2.45, 2.75) is 12.7 Å². The van der Waals surface area contributed by atoms with Gasteiger partial charge < -0.3 is 5.73 Å². The average molecular weight is 159 g/mol. The van der Waals surface area contributed by atoms with Crippen molar-refractivity contribution in [2.24, 2.45) is 5.73 Å². The maximum atomic E-state index is 10.8. The Bertz CT molecular complexity index is 335. The van der Waals surface area contributed by atoms with Crippen LogP contribution in [0.1, 0.15) is 15.9 Å². The maximum Gasteiger partial charge on any atom is 0.248 e. The largest absolute Gasteiger partial charge is 0.366 e. The summed E-state index contributed by atoms with van der Waals surface area (Å²) in [4.78, 5) is 10.8. The molecule has 2 N–H and O–H groups in total. The minimum atomic E-state index is -0.329. The second-order valence-corrected chi connectivity index (χ2v) is 3.20. The van der Waals surface area contributed by atoms with E-state index in [-0.39, 0.29) is 5.91 Å². The quantitative estimate of drug-likeness (QED) is 0.567. The number of hydrogen-bond donors (Lipinski definition) is 1. The second-order valence-electron chi connectivity index (χ2n) is 3.20. The monoisotopic (exact) mass is 159 g/mol. The van der Waals surface area contributed by atoms with Crippen LogP contribution in [0.4, 0.5) is 0 Å². The number of carbonyl (C=O) groups is 1. The summed E-state index contributed by atoms with van der Waals surface area (Å²) in [6.07, 6.45) is 2.35. The zero-order valence-corrected chi connectivity index (χ0v) is 6.84. The number of benzene rings is 1. The Labute approximate surface area is 72.0 Å². The molecule has 2 rings (SSSR count). The Hall–Kier alpha value is -1.25. The molecule has 1 aromatic rings. The number of primary amides is 1. The molecule has 12 heavy (non-hydrogen) atoms. The highest BCUT2D eigenvalue weighted by molar-refractivity contribution is 6.55. The highest BCUT2D eigenvalue weighted by Crippen LogP contribution is 2.10. The van der Waals surface area contributed by atoms with E-state index in [1.165, 1.54) is 17.3 Å². The Kier molecular flexibility index (Phi) is 1.64. The van der Waals surface area contributed by atoms with E-state index >= 15 is 0 Å². The van der Waals surface area contributed by atoms with Crippen LogP contribution in [0, 0.1) is 0 Å². The minimum Gasteiger partial charge on any atom is -0.366 e. The smallest absolute Gasteiger partial charge is 0.248 e. The molecule has 0 fully saturated rings. The number of hydrogen-bond acceptors (Lipinski definition) is 1. The third kappa shape index (κ3) is 1.11. The zero-order valence-electron chi connectivity index (χ0n) is 6.84. The number of aryl methyl sites for hydroxylation is 1. The first-order valence-electron chi connectivity index (χ1n) is 4.19. The van der Waals surface area contributed by atoms with Gasteiger partial charge in [-0.2, -0.15) is 0 Å². The lowest BCUT2D eigenvalue weighted by Crippen LogP contribution is -2.17. The highest BCUT2D eigenvalue weighted by Gasteiger charge is 2.13. The zero-order chi connectivity index (χ0) is 8.55. The van der Waals surface area contributed by atoms with Gasteiger partial charge in [0.25, 0.3) is 0 Å². The van der Waals surface area contributed by atoms with Gasteiger partial charge in [0.15, 0.2) is 7.28 Å². The van der Waals surface area contributed by atoms with Crippen LogP contribution >= 0.6 is 0 Å². The van der Waals surface area contributed by atoms with Gasteiger partial charge in [-0.3, -0.25) is 4.79 Å². The average Bonchev–Trinajstić information content (AvgIpc) is 2.49. The molecule has 0 saturated heterocycles. The lowest BCUT2D eigenvalue weighted by atomic mass is 9.72. The van der Waals surface area contributed by atoms with Gasteiger partial charge >= 0.3 is 0 Å². The van der Waals surface area contributed by atoms with E-state index in [2.05, 4.69) is 0 Å². The molecule has 1 aliphatic heterocycles. The van der Waals surface area contributed by atoms with E-state index in [0.717, 1.165) is 13.7 Å². The molecule has 0 bridgehead atoms. The molecule has 0 saturated carbocycles. The lowest BCUT2D eigenvalue weighted by molar-refractivity contribution is 0.100. The van der Waals surface area contributed by atoms with Crippen LogP contribution in [0.3, 0.4) is 0 Å². The number of rotatable bonds is 1. The van der Waals surface area contributed by atoms with Crippen LogP contribution < -0.4 is 11.2 Å². The van der Waals surface area contributed by atoms with Gasteiger partial charge in [-0.25, -0.2) is 0 Å². The van der Waals surface area contributed by atoms with Gasteiger partial charge in [-0.15, -0.1) is 0 Å². The van der Waals surface area contributed by atoms with Crippen molar-refractivity contribution in [3.63, 3.8) is 0 Å². The van der Waals surface area contributed by atoms with Crippen LogP contribution in [0.2, 0.25) is 6.32 Å². The molecule has 2 nitrogen and oxygen atoms in total. The van der Waals surface area contributed by atoms with E-state index in [0.29, 0.717) is 5.56 Å². The van der Waals surface area contributed by atoms with Crippen LogP contribution in [0.5, 0.6) is 0 Å². The summed E-state index contributed by atoms with van der Waals surface area (Å²) in [6.45, 7) is 0. The Morgan fingerprint density at radius 2 is 2.33 bits per heavy atom. The van der Waals surface area contributed by atoms with Gasteiger partial charge in [0, 0.05) is 5.56 Å². The Morgan fingerprint density at radius 3 is 3.08 bits per heavy atom. The van der Waals surface area contributed by atoms with Crippen LogP contribution in [0.25, 0.3) is 0 Å². The fraction of sp³-hybridized carbons (Fsp3) is 0.222. The van der Waals surface area contributed by atoms with Crippen molar-refractivity contribution in [2.75, 3.05) is 0 Å². The summed E-state index contributed by atoms with van der Waals surface area (Å²) in [5.41, 5.74) is 8.48. The van der Waals surface area contributed by atoms with Crippen molar-refractivity contribution in [1.29, 1.82) is 0 Å². The topological polar surface area (TPSA) is 43.1 Å². The van der Waals surface area contributed by atoms with Crippen molar-refractivity contribution in [3.05, 3.63) is 29.3 Å². The third-order valence-corrected chi connectivity index (χ3v) is 2.38. The van der Waals surface area contributed by atoms with Crippen LogP contribution in [-0.2, 0) is 6.42 Å². The van der Waals surface area contributed by atoms with E-state index < -0.39 is 0 Å². The second kappa shape index (κ2) is 2.66. The fourth-order valence-electron chi connectivity index (χ4n) is 1.73. The van der Waals surface area contributed by atoms with Crippen LogP contribution in [0.15, 0.2) is 18.2 Å². The molecule has 1 heterocycles. The normalized spacial score (nSPS) is 13.7. The first-order chi connectivity index (χ1) is 5.77. The van der Waals surface area contributed by atoms with Crippen molar-refractivity contribution < 1.29 is 4.79 Å². The number of amides is 1. The van der Waals surface area contributed by atoms with Crippen molar-refractivity contribution >= 4 is 18.6 Å². The van der Waals surface area contributed by atoms with Gasteiger partial charge in [0.2, 0.25) is 5.91 Å². The molecule has 0 spiro atoms. The van der Waals surface area contributed by atoms with E-state index in [9.17, 15) is 4.79 Å². The van der Waals surface area contributed by atoms with Gasteiger partial charge in [-0.1, -0.05) is 29.5 Å². The molecular weight excluding hydrogens is 149 g/mol. The highest BCUT2D eigenvalue weighted by atomic mass is 16.1. The summed E-state index contributed by atoms with van der Waals surface area (Å²) in [5, 5.41) is 0. The lowest BCUT2D eigenvalue weighted by Gasteiger charge is -2.00. The molecule has 0 unspecified atom stereocenters. The maximum absolute atomic E-state index is 10.8. The van der Waals surface area contributed by atoms with Gasteiger partial charge in [0.05, 0.1) is 0 Å². The van der Waals surface area contributed by atoms with Gasteiger partial charge in [0.1, 0.15) is 0 Å². The summed E-state index contributed by atoms with van der Waals surface area (Å²) in [6, 6.07) is 5.75. The Morgan fingerprint density at radius 1 is 1.50 bits per heavy atom. The summed E-state index contributed by atoms with van der Waals surface area (Å²) in [5.74, 6) is -0.329. The predicted octanol–water partition coefficient (Wildman–Crippen LogP) is -0.178. The van der Waals surface area contributed by atoms with E-state index in [1.807, 2.05) is 18.2 Å². The first-order valence-corrected chi connectivity index (χ1v) is 4.19. The molecule has 1 aliphatic rings. The SMILES string of the molecule is NC(=O)c1ccc2c(c1)BCC2. The van der Waals surface area contributed by atoms with Crippen molar-refractivity contribution in [1.82, 2.24) is 0 Å². The molecular formula is C9H10BNO. The number of carbonyl (C=O) groups excluding carboxylic acids is 1. The third-order valence-electron chi connectivity index (χ3n) is 2.38. The van der Waals surface area contributed by atoms with Crippen molar-refractivity contribution in [3.8, 4) is 0 Å². The molecule has 0 radical (unpaired) electrons. The number of fused-ring (bicyclic) bond motifs is 1. The first kappa shape index (κ1) is 7.41. The molecule has 0 atom stereocenters. The summed E-state index contributed by atoms with van der Waals surface area (Å²) in [7, 11) is 1.09. The van der Waals surface area contributed by atoms with Crippen LogP contribution in [-0.4, -0.2) is 13.2 Å². The number of nitrogens with two attached hydrogens (primary N) is 1. The van der Waals surface area contributed by atoms with E-state index in [1.54, 1.807) is 0 Å². The molecule has 1 aromatic carbocycles. The molecule has 0 aromatic heterocycles. The minimum absolute atomic E-state index is 0.329. The molecule has 1 amide bonds. The van der Waals surface area contributed by atoms with E-state index in [4.69, 9.17) is 5.73 Å². The fourth-order valence-corrected chi connectivity index (χ4v) is 1.73. The molecule has 0 aliphatic carbocycles. The summed E-state index contributed by atoms with van der Waals surface area (Å²) < 4.78 is 0. The standard InChI is InChI=1S/C9H10BNO/c11-9(12)7-2-1-6-3-4-10-8(6)5-7/h1-2,5,10H,3-4H2,(H2,11,12). The molecule has 3 heteroatoms. The molecule has 60 valence electrons. The summed E-state index contributed by atoms with van der Waals surface area (Å²) >= 11 is 0.